The fourth-order valence-corrected chi connectivity index (χ4v) is 1.99. The average molecular weight is 178 g/mol. The number of hydrogen-bond acceptors (Lipinski definition) is 1. The van der Waals surface area contributed by atoms with Gasteiger partial charge in [0.25, 0.3) is 5.91 Å². The Morgan fingerprint density at radius 2 is 2.31 bits per heavy atom. The summed E-state index contributed by atoms with van der Waals surface area (Å²) < 4.78 is 2.07. The van der Waals surface area contributed by atoms with Crippen LogP contribution in [0, 0.1) is 6.92 Å². The number of amides is 1. The van der Waals surface area contributed by atoms with Gasteiger partial charge in [0.15, 0.2) is 0 Å². The van der Waals surface area contributed by atoms with E-state index in [2.05, 4.69) is 9.88 Å². The van der Waals surface area contributed by atoms with Gasteiger partial charge in [-0.2, -0.15) is 0 Å². The predicted molar refractivity (Wildman–Crippen MR) is 50.8 cm³/mol. The highest BCUT2D eigenvalue weighted by Gasteiger charge is 2.20. The molecule has 0 saturated heterocycles. The van der Waals surface area contributed by atoms with E-state index in [-0.39, 0.29) is 5.91 Å². The van der Waals surface area contributed by atoms with Crippen LogP contribution in [0.5, 0.6) is 0 Å². The Kier molecular flexibility index (Phi) is 1.87. The Hall–Kier alpha value is -1.25. The van der Waals surface area contributed by atoms with Crippen molar-refractivity contribution >= 4 is 5.91 Å². The van der Waals surface area contributed by atoms with E-state index in [9.17, 15) is 4.79 Å². The van der Waals surface area contributed by atoms with Crippen LogP contribution in [0.2, 0.25) is 0 Å². The molecule has 70 valence electrons. The molecule has 0 aliphatic carbocycles. The molecule has 3 nitrogen and oxygen atoms in total. The molecule has 13 heavy (non-hydrogen) atoms. The number of rotatable bonds is 0. The molecule has 0 saturated carbocycles. The van der Waals surface area contributed by atoms with Gasteiger partial charge in [0.05, 0.1) is 5.56 Å². The minimum Gasteiger partial charge on any atom is -0.353 e. The largest absolute Gasteiger partial charge is 0.353 e. The quantitative estimate of drug-likeness (QED) is 0.632. The molecule has 2 rings (SSSR count). The maximum Gasteiger partial charge on any atom is 0.253 e. The number of hydrogen-bond donors (Lipinski definition) is 1. The van der Waals surface area contributed by atoms with E-state index in [1.807, 2.05) is 20.2 Å². The molecule has 1 aromatic heterocycles. The molecule has 1 aliphatic rings. The topological polar surface area (TPSA) is 34.0 Å². The van der Waals surface area contributed by atoms with Gasteiger partial charge in [0.1, 0.15) is 0 Å². The second kappa shape index (κ2) is 2.91. The highest BCUT2D eigenvalue weighted by Crippen LogP contribution is 2.19. The Labute approximate surface area is 77.7 Å². The SMILES string of the molecule is Cc1cn(C)c2c1C(=O)NCCC2. The third-order valence-electron chi connectivity index (χ3n) is 2.60. The van der Waals surface area contributed by atoms with Crippen LogP contribution in [0.1, 0.15) is 28.0 Å². The van der Waals surface area contributed by atoms with Crippen molar-refractivity contribution in [3.05, 3.63) is 23.0 Å². The van der Waals surface area contributed by atoms with Crippen molar-refractivity contribution in [2.75, 3.05) is 6.54 Å². The lowest BCUT2D eigenvalue weighted by Gasteiger charge is -2.00. The van der Waals surface area contributed by atoms with E-state index >= 15 is 0 Å². The van der Waals surface area contributed by atoms with E-state index < -0.39 is 0 Å². The van der Waals surface area contributed by atoms with Gasteiger partial charge in [-0.05, 0) is 25.3 Å². The number of nitrogens with one attached hydrogen (secondary N) is 1. The molecule has 0 aromatic carbocycles. The Morgan fingerprint density at radius 3 is 3.08 bits per heavy atom. The summed E-state index contributed by atoms with van der Waals surface area (Å²) in [5, 5.41) is 2.90. The fraction of sp³-hybridized carbons (Fsp3) is 0.500. The van der Waals surface area contributed by atoms with Crippen LogP contribution in [-0.4, -0.2) is 17.0 Å². The van der Waals surface area contributed by atoms with Crippen molar-refractivity contribution in [2.24, 2.45) is 7.05 Å². The zero-order valence-corrected chi connectivity index (χ0v) is 8.05. The first-order chi connectivity index (χ1) is 6.20. The molecular formula is C10H14N2O. The second-order valence-electron chi connectivity index (χ2n) is 3.60. The maximum absolute atomic E-state index is 11.6. The van der Waals surface area contributed by atoms with E-state index in [0.717, 1.165) is 30.5 Å². The number of carbonyl (C=O) groups excluding carboxylic acids is 1. The van der Waals surface area contributed by atoms with Crippen molar-refractivity contribution in [1.29, 1.82) is 0 Å². The molecule has 1 aliphatic heterocycles. The summed E-state index contributed by atoms with van der Waals surface area (Å²) in [7, 11) is 2.00. The maximum atomic E-state index is 11.6. The molecule has 2 heterocycles. The summed E-state index contributed by atoms with van der Waals surface area (Å²) >= 11 is 0. The molecule has 0 spiro atoms. The van der Waals surface area contributed by atoms with E-state index in [0.29, 0.717) is 0 Å². The van der Waals surface area contributed by atoms with Crippen molar-refractivity contribution in [2.45, 2.75) is 19.8 Å². The van der Waals surface area contributed by atoms with Gasteiger partial charge in [-0.25, -0.2) is 0 Å². The molecule has 0 bridgehead atoms. The van der Waals surface area contributed by atoms with Crippen molar-refractivity contribution in [3.8, 4) is 0 Å². The van der Waals surface area contributed by atoms with Crippen molar-refractivity contribution in [1.82, 2.24) is 9.88 Å². The van der Waals surface area contributed by atoms with Gasteiger partial charge < -0.3 is 9.88 Å². The zero-order chi connectivity index (χ0) is 9.42. The van der Waals surface area contributed by atoms with Crippen LogP contribution in [0.15, 0.2) is 6.20 Å². The molecule has 1 amide bonds. The van der Waals surface area contributed by atoms with Crippen LogP contribution in [0.4, 0.5) is 0 Å². The van der Waals surface area contributed by atoms with Crippen LogP contribution >= 0.6 is 0 Å². The third kappa shape index (κ3) is 1.24. The first-order valence-corrected chi connectivity index (χ1v) is 4.63. The van der Waals surface area contributed by atoms with Gasteiger partial charge >= 0.3 is 0 Å². The lowest BCUT2D eigenvalue weighted by molar-refractivity contribution is 0.0955. The van der Waals surface area contributed by atoms with Crippen LogP contribution in [0.25, 0.3) is 0 Å². The standard InChI is InChI=1S/C10H14N2O/c1-7-6-12(2)8-4-3-5-11-10(13)9(7)8/h6H,3-5H2,1-2H3,(H,11,13). The van der Waals surface area contributed by atoms with E-state index in [4.69, 9.17) is 0 Å². The number of fused-ring (bicyclic) bond motifs is 1. The minimum absolute atomic E-state index is 0.0885. The molecule has 0 radical (unpaired) electrons. The summed E-state index contributed by atoms with van der Waals surface area (Å²) in [6.45, 7) is 2.79. The number of nitrogens with zero attached hydrogens (tertiary/aromatic N) is 1. The fourth-order valence-electron chi connectivity index (χ4n) is 1.99. The molecular weight excluding hydrogens is 164 g/mol. The minimum atomic E-state index is 0.0885. The van der Waals surface area contributed by atoms with E-state index in [1.54, 1.807) is 0 Å². The summed E-state index contributed by atoms with van der Waals surface area (Å²) in [5.74, 6) is 0.0885. The van der Waals surface area contributed by atoms with Crippen LogP contribution in [-0.2, 0) is 13.5 Å². The predicted octanol–water partition coefficient (Wildman–Crippen LogP) is 1.01. The molecule has 3 heteroatoms. The van der Waals surface area contributed by atoms with Crippen molar-refractivity contribution in [3.63, 3.8) is 0 Å². The van der Waals surface area contributed by atoms with Crippen LogP contribution < -0.4 is 5.32 Å². The first kappa shape index (κ1) is 8.35. The monoisotopic (exact) mass is 178 g/mol. The number of carbonyl (C=O) groups is 1. The Balaban J connectivity index is 2.56. The molecule has 1 aromatic rings. The molecule has 0 atom stereocenters. The lowest BCUT2D eigenvalue weighted by Crippen LogP contribution is -2.22. The third-order valence-corrected chi connectivity index (χ3v) is 2.60. The summed E-state index contributed by atoms with van der Waals surface area (Å²) in [6, 6.07) is 0. The second-order valence-corrected chi connectivity index (χ2v) is 3.60. The highest BCUT2D eigenvalue weighted by atomic mass is 16.1. The normalized spacial score (nSPS) is 16.3. The molecule has 0 fully saturated rings. The Morgan fingerprint density at radius 1 is 1.54 bits per heavy atom. The van der Waals surface area contributed by atoms with Crippen LogP contribution in [0.3, 0.4) is 0 Å². The summed E-state index contributed by atoms with van der Waals surface area (Å²) in [6.07, 6.45) is 4.06. The average Bonchev–Trinajstić information content (AvgIpc) is 2.28. The van der Waals surface area contributed by atoms with Gasteiger partial charge in [-0.1, -0.05) is 0 Å². The number of aryl methyl sites for hydroxylation is 2. The van der Waals surface area contributed by atoms with Crippen molar-refractivity contribution < 1.29 is 4.79 Å². The molecule has 0 unspecified atom stereocenters. The zero-order valence-electron chi connectivity index (χ0n) is 8.05. The van der Waals surface area contributed by atoms with E-state index in [1.165, 1.54) is 5.69 Å². The van der Waals surface area contributed by atoms with Gasteiger partial charge in [0.2, 0.25) is 0 Å². The highest BCUT2D eigenvalue weighted by molar-refractivity contribution is 5.97. The lowest BCUT2D eigenvalue weighted by atomic mass is 10.1. The van der Waals surface area contributed by atoms with Gasteiger partial charge in [-0.15, -0.1) is 0 Å². The van der Waals surface area contributed by atoms with Gasteiger partial charge in [-0.3, -0.25) is 4.79 Å². The summed E-state index contributed by atoms with van der Waals surface area (Å²) in [5.41, 5.74) is 3.14. The van der Waals surface area contributed by atoms with Gasteiger partial charge in [0, 0.05) is 25.5 Å². The smallest absolute Gasteiger partial charge is 0.253 e. The summed E-state index contributed by atoms with van der Waals surface area (Å²) in [4.78, 5) is 11.6. The Bertz CT molecular complexity index is 352. The number of aromatic nitrogens is 1. The first-order valence-electron chi connectivity index (χ1n) is 4.63. The molecule has 1 N–H and O–H groups in total.